The van der Waals surface area contributed by atoms with Crippen LogP contribution in [0.4, 0.5) is 0 Å². The van der Waals surface area contributed by atoms with E-state index in [1.54, 1.807) is 13.8 Å². The molecule has 0 spiro atoms. The monoisotopic (exact) mass is 563 g/mol. The Hall–Kier alpha value is -2.75. The van der Waals surface area contributed by atoms with E-state index in [0.717, 1.165) is 25.6 Å². The molecule has 4 rings (SSSR count). The van der Waals surface area contributed by atoms with Crippen molar-refractivity contribution in [2.24, 2.45) is 5.92 Å². The average Bonchev–Trinajstić information content (AvgIpc) is 3.16. The first-order valence-electron chi connectivity index (χ1n) is 10.9. The average molecular weight is 563 g/mol. The van der Waals surface area contributed by atoms with E-state index in [1.165, 1.54) is 0 Å². The number of para-hydroxylation sites is 1. The van der Waals surface area contributed by atoms with Gasteiger partial charge in [-0.2, -0.15) is 0 Å². The van der Waals surface area contributed by atoms with Gasteiger partial charge in [0.15, 0.2) is 17.4 Å². The molecule has 174 valence electrons. The Morgan fingerprint density at radius 3 is 2.39 bits per heavy atom. The molecular formula is C25H26INO6. The van der Waals surface area contributed by atoms with Crippen molar-refractivity contribution in [3.8, 4) is 11.5 Å². The van der Waals surface area contributed by atoms with Gasteiger partial charge in [0.25, 0.3) is 5.79 Å². The number of H-pyrrole nitrogens is 1. The minimum Gasteiger partial charge on any atom is -0.490 e. The second-order valence-electron chi connectivity index (χ2n) is 8.18. The van der Waals surface area contributed by atoms with Crippen molar-refractivity contribution in [3.63, 3.8) is 0 Å². The summed E-state index contributed by atoms with van der Waals surface area (Å²) in [6, 6.07) is 11.5. The van der Waals surface area contributed by atoms with E-state index in [2.05, 4.69) is 27.6 Å². The topological polar surface area (TPSA) is 86.9 Å². The van der Waals surface area contributed by atoms with Crippen molar-refractivity contribution < 1.29 is 28.5 Å². The first-order chi connectivity index (χ1) is 15.8. The summed E-state index contributed by atoms with van der Waals surface area (Å²) in [5, 5.41) is 0.912. The lowest BCUT2D eigenvalue weighted by molar-refractivity contribution is -0.240. The molecule has 0 amide bonds. The lowest BCUT2D eigenvalue weighted by Gasteiger charge is -2.36. The van der Waals surface area contributed by atoms with E-state index in [1.807, 2.05) is 56.4 Å². The molecule has 0 unspecified atom stereocenters. The zero-order valence-corrected chi connectivity index (χ0v) is 21.1. The van der Waals surface area contributed by atoms with Gasteiger partial charge < -0.3 is 23.9 Å². The number of rotatable bonds is 7. The van der Waals surface area contributed by atoms with E-state index in [0.29, 0.717) is 24.7 Å². The smallest absolute Gasteiger partial charge is 0.324 e. The van der Waals surface area contributed by atoms with Gasteiger partial charge in [0.2, 0.25) is 0 Å². The zero-order chi connectivity index (χ0) is 23.8. The number of esters is 2. The quantitative estimate of drug-likeness (QED) is 0.243. The number of hydrogen-bond donors (Lipinski definition) is 1. The predicted molar refractivity (Wildman–Crippen MR) is 131 cm³/mol. The van der Waals surface area contributed by atoms with Crippen molar-refractivity contribution >= 4 is 45.4 Å². The van der Waals surface area contributed by atoms with Crippen LogP contribution >= 0.6 is 22.6 Å². The molecule has 1 saturated heterocycles. The van der Waals surface area contributed by atoms with Crippen molar-refractivity contribution in [1.82, 2.24) is 4.98 Å². The van der Waals surface area contributed by atoms with Crippen molar-refractivity contribution in [2.45, 2.75) is 39.4 Å². The van der Waals surface area contributed by atoms with Crippen LogP contribution in [0.15, 0.2) is 42.6 Å². The summed E-state index contributed by atoms with van der Waals surface area (Å²) in [6.45, 7) is 7.82. The van der Waals surface area contributed by atoms with Gasteiger partial charge in [-0.05, 0) is 65.8 Å². The molecule has 33 heavy (non-hydrogen) atoms. The molecule has 0 aliphatic carbocycles. The number of aromatic amines is 1. The summed E-state index contributed by atoms with van der Waals surface area (Å²) in [6.07, 6.45) is 1.83. The molecule has 1 aliphatic rings. The van der Waals surface area contributed by atoms with E-state index >= 15 is 0 Å². The van der Waals surface area contributed by atoms with E-state index in [9.17, 15) is 9.59 Å². The number of aromatic nitrogens is 1. The summed E-state index contributed by atoms with van der Waals surface area (Å²) < 4.78 is 23.5. The minimum atomic E-state index is -1.31. The summed E-state index contributed by atoms with van der Waals surface area (Å²) in [4.78, 5) is 29.5. The Balaban J connectivity index is 1.92. The fourth-order valence-electron chi connectivity index (χ4n) is 4.22. The van der Waals surface area contributed by atoms with Crippen LogP contribution in [0.25, 0.3) is 10.9 Å². The van der Waals surface area contributed by atoms with E-state index in [-0.39, 0.29) is 0 Å². The number of carbonyl (C=O) groups excluding carboxylic acids is 2. The van der Waals surface area contributed by atoms with Gasteiger partial charge in [-0.25, -0.2) is 0 Å². The van der Waals surface area contributed by atoms with Gasteiger partial charge >= 0.3 is 11.9 Å². The SMILES string of the molecule is CCOc1cc([C@H](c2c[nH]c3ccccc23)C2C(=O)OC(C)(C)OC2=O)cc(I)c1OCC. The molecule has 1 atom stereocenters. The van der Waals surface area contributed by atoms with E-state index < -0.39 is 29.6 Å². The fraction of sp³-hybridized carbons (Fsp3) is 0.360. The number of ether oxygens (including phenoxy) is 4. The second-order valence-corrected chi connectivity index (χ2v) is 9.35. The molecule has 3 aromatic rings. The van der Waals surface area contributed by atoms with Gasteiger partial charge in [-0.15, -0.1) is 0 Å². The highest BCUT2D eigenvalue weighted by atomic mass is 127. The Morgan fingerprint density at radius 1 is 1.06 bits per heavy atom. The molecule has 0 saturated carbocycles. The normalized spacial score (nSPS) is 16.9. The van der Waals surface area contributed by atoms with Crippen LogP contribution in [-0.2, 0) is 19.1 Å². The number of halogens is 1. The maximum absolute atomic E-state index is 13.1. The number of hydrogen-bond acceptors (Lipinski definition) is 6. The Morgan fingerprint density at radius 2 is 1.73 bits per heavy atom. The van der Waals surface area contributed by atoms with Crippen LogP contribution in [0, 0.1) is 9.49 Å². The highest BCUT2D eigenvalue weighted by Crippen LogP contribution is 2.44. The minimum absolute atomic E-state index is 0.444. The molecule has 1 aromatic heterocycles. The van der Waals surface area contributed by atoms with Crippen LogP contribution in [0.2, 0.25) is 0 Å². The van der Waals surface area contributed by atoms with Crippen LogP contribution in [0.1, 0.15) is 44.7 Å². The van der Waals surface area contributed by atoms with Crippen LogP contribution < -0.4 is 9.47 Å². The van der Waals surface area contributed by atoms with Gasteiger partial charge in [-0.3, -0.25) is 9.59 Å². The Labute approximate surface area is 205 Å². The van der Waals surface area contributed by atoms with Gasteiger partial charge in [0.05, 0.1) is 16.8 Å². The molecule has 1 N–H and O–H groups in total. The second kappa shape index (κ2) is 9.24. The van der Waals surface area contributed by atoms with Crippen LogP contribution in [0.5, 0.6) is 11.5 Å². The highest BCUT2D eigenvalue weighted by molar-refractivity contribution is 14.1. The molecule has 0 radical (unpaired) electrons. The predicted octanol–water partition coefficient (Wildman–Crippen LogP) is 5.15. The summed E-state index contributed by atoms with van der Waals surface area (Å²) in [5.41, 5.74) is 2.43. The molecule has 8 heteroatoms. The van der Waals surface area contributed by atoms with Crippen molar-refractivity contribution in [2.75, 3.05) is 13.2 Å². The van der Waals surface area contributed by atoms with Crippen molar-refractivity contribution in [1.29, 1.82) is 0 Å². The molecule has 1 fully saturated rings. The molecule has 0 bridgehead atoms. The molecule has 2 heterocycles. The Bertz CT molecular complexity index is 1180. The first-order valence-corrected chi connectivity index (χ1v) is 11.9. The maximum Gasteiger partial charge on any atom is 0.324 e. The third kappa shape index (κ3) is 4.53. The number of nitrogens with one attached hydrogen (secondary N) is 1. The summed E-state index contributed by atoms with van der Waals surface area (Å²) >= 11 is 2.19. The molecule has 7 nitrogen and oxygen atoms in total. The first kappa shape index (κ1) is 23.4. The third-order valence-corrected chi connectivity index (χ3v) is 6.27. The lowest BCUT2D eigenvalue weighted by Crippen LogP contribution is -2.48. The largest absolute Gasteiger partial charge is 0.490 e. The van der Waals surface area contributed by atoms with Gasteiger partial charge in [0.1, 0.15) is 0 Å². The number of cyclic esters (lactones) is 2. The Kier molecular flexibility index (Phi) is 6.56. The van der Waals surface area contributed by atoms with E-state index in [4.69, 9.17) is 18.9 Å². The van der Waals surface area contributed by atoms with Crippen LogP contribution in [0.3, 0.4) is 0 Å². The zero-order valence-electron chi connectivity index (χ0n) is 18.9. The number of fused-ring (bicyclic) bond motifs is 1. The lowest BCUT2D eigenvalue weighted by atomic mass is 9.80. The summed E-state index contributed by atoms with van der Waals surface area (Å²) in [7, 11) is 0. The fourth-order valence-corrected chi connectivity index (χ4v) is 5.00. The molecule has 2 aromatic carbocycles. The molecule has 1 aliphatic heterocycles. The maximum atomic E-state index is 13.1. The van der Waals surface area contributed by atoms with Gasteiger partial charge in [0, 0.05) is 36.9 Å². The van der Waals surface area contributed by atoms with Gasteiger partial charge in [-0.1, -0.05) is 18.2 Å². The third-order valence-electron chi connectivity index (χ3n) is 5.47. The molecular weight excluding hydrogens is 537 g/mol. The summed E-state index contributed by atoms with van der Waals surface area (Å²) in [5.74, 6) is -3.16. The van der Waals surface area contributed by atoms with Crippen molar-refractivity contribution in [3.05, 3.63) is 57.3 Å². The van der Waals surface area contributed by atoms with Crippen LogP contribution in [-0.4, -0.2) is 35.9 Å². The highest BCUT2D eigenvalue weighted by Gasteiger charge is 2.49. The number of carbonyl (C=O) groups is 2. The number of benzene rings is 2. The standard InChI is InChI=1S/C25H26INO6/c1-5-30-19-12-14(11-17(26)22(19)31-6-2)20(16-13-27-18-10-8-7-9-15(16)18)21-23(28)32-25(3,4)33-24(21)29/h7-13,20-21,27H,5-6H2,1-4H3/t20-/m1/s1.